The Morgan fingerprint density at radius 1 is 1.35 bits per heavy atom. The topological polar surface area (TPSA) is 108 Å². The van der Waals surface area contributed by atoms with E-state index in [-0.39, 0.29) is 30.9 Å². The molecule has 0 aliphatic carbocycles. The highest BCUT2D eigenvalue weighted by molar-refractivity contribution is 6.07. The molecule has 0 bridgehead atoms. The number of nitrogens with zero attached hydrogens (tertiary/aromatic N) is 2. The van der Waals surface area contributed by atoms with Crippen molar-refractivity contribution in [1.82, 2.24) is 20.4 Å². The maximum atomic E-state index is 12.5. The first-order valence-corrected chi connectivity index (χ1v) is 8.21. The van der Waals surface area contributed by atoms with Crippen LogP contribution in [0.5, 0.6) is 0 Å². The molecule has 23 heavy (non-hydrogen) atoms. The molecular formula is C15H27N5O3. The first-order valence-electron chi connectivity index (χ1n) is 8.21. The summed E-state index contributed by atoms with van der Waals surface area (Å²) >= 11 is 0. The number of amides is 4. The Balaban J connectivity index is 1.85. The number of nitrogens with one attached hydrogen (secondary N) is 2. The van der Waals surface area contributed by atoms with Gasteiger partial charge in [0, 0.05) is 32.7 Å². The van der Waals surface area contributed by atoms with E-state index in [2.05, 4.69) is 10.6 Å². The largest absolute Gasteiger partial charge is 0.355 e. The van der Waals surface area contributed by atoms with Gasteiger partial charge in [-0.05, 0) is 18.8 Å². The number of rotatable bonds is 6. The molecule has 0 saturated carbocycles. The molecule has 0 aromatic heterocycles. The van der Waals surface area contributed by atoms with Gasteiger partial charge in [-0.25, -0.2) is 4.79 Å². The molecular weight excluding hydrogens is 298 g/mol. The number of nitrogens with two attached hydrogens (primary N) is 1. The summed E-state index contributed by atoms with van der Waals surface area (Å²) in [5.41, 5.74) is 4.64. The summed E-state index contributed by atoms with van der Waals surface area (Å²) < 4.78 is 0. The van der Waals surface area contributed by atoms with Crippen LogP contribution < -0.4 is 16.4 Å². The first kappa shape index (κ1) is 17.7. The summed E-state index contributed by atoms with van der Waals surface area (Å²) in [6.45, 7) is 6.82. The summed E-state index contributed by atoms with van der Waals surface area (Å²) in [4.78, 5) is 39.5. The van der Waals surface area contributed by atoms with Gasteiger partial charge in [-0.2, -0.15) is 0 Å². The van der Waals surface area contributed by atoms with Crippen LogP contribution in [0.2, 0.25) is 0 Å². The molecule has 0 radical (unpaired) electrons. The molecule has 8 heteroatoms. The van der Waals surface area contributed by atoms with Crippen LogP contribution in [0.1, 0.15) is 26.7 Å². The van der Waals surface area contributed by atoms with Crippen LogP contribution in [0.4, 0.5) is 4.79 Å². The SMILES string of the molecule is CC(C)CNC(=O)CN1CCC2(CC1)NC(=O)N(CCN)C2=O. The predicted octanol–water partition coefficient (Wildman–Crippen LogP) is -0.896. The van der Waals surface area contributed by atoms with Crippen molar-refractivity contribution in [1.29, 1.82) is 0 Å². The number of urea groups is 1. The normalized spacial score (nSPS) is 21.1. The van der Waals surface area contributed by atoms with Gasteiger partial charge in [0.15, 0.2) is 0 Å². The van der Waals surface area contributed by atoms with E-state index in [9.17, 15) is 14.4 Å². The van der Waals surface area contributed by atoms with E-state index in [4.69, 9.17) is 5.73 Å². The van der Waals surface area contributed by atoms with Gasteiger partial charge in [0.2, 0.25) is 5.91 Å². The second-order valence-corrected chi connectivity index (χ2v) is 6.73. The minimum atomic E-state index is -0.808. The van der Waals surface area contributed by atoms with Crippen molar-refractivity contribution in [2.45, 2.75) is 32.2 Å². The third kappa shape index (κ3) is 4.00. The highest BCUT2D eigenvalue weighted by Crippen LogP contribution is 2.29. The van der Waals surface area contributed by atoms with Crippen molar-refractivity contribution >= 4 is 17.8 Å². The Labute approximate surface area is 136 Å². The maximum Gasteiger partial charge on any atom is 0.325 e. The lowest BCUT2D eigenvalue weighted by Gasteiger charge is -2.36. The van der Waals surface area contributed by atoms with E-state index in [1.54, 1.807) is 0 Å². The molecule has 8 nitrogen and oxygen atoms in total. The van der Waals surface area contributed by atoms with Crippen LogP contribution in [-0.2, 0) is 9.59 Å². The van der Waals surface area contributed by atoms with Gasteiger partial charge >= 0.3 is 6.03 Å². The standard InChI is InChI=1S/C15H27N5O3/c1-11(2)9-17-12(21)10-19-6-3-15(4-7-19)13(22)20(8-5-16)14(23)18-15/h11H,3-10,16H2,1-2H3,(H,17,21)(H,18,23). The smallest absolute Gasteiger partial charge is 0.325 e. The molecule has 1 spiro atoms. The van der Waals surface area contributed by atoms with Gasteiger partial charge in [0.1, 0.15) is 5.54 Å². The van der Waals surface area contributed by atoms with Crippen LogP contribution in [0.15, 0.2) is 0 Å². The van der Waals surface area contributed by atoms with Gasteiger partial charge in [0.25, 0.3) is 5.91 Å². The lowest BCUT2D eigenvalue weighted by Crippen LogP contribution is -2.56. The number of carbonyl (C=O) groups excluding carboxylic acids is 3. The fraction of sp³-hybridized carbons (Fsp3) is 0.800. The molecule has 0 aromatic rings. The summed E-state index contributed by atoms with van der Waals surface area (Å²) in [5.74, 6) is 0.237. The summed E-state index contributed by atoms with van der Waals surface area (Å²) in [6, 6.07) is -0.358. The minimum absolute atomic E-state index is 0.00110. The molecule has 2 aliphatic heterocycles. The van der Waals surface area contributed by atoms with E-state index < -0.39 is 5.54 Å². The molecule has 2 aliphatic rings. The van der Waals surface area contributed by atoms with E-state index in [1.165, 1.54) is 4.90 Å². The Hall–Kier alpha value is -1.67. The molecule has 2 heterocycles. The molecule has 2 saturated heterocycles. The highest BCUT2D eigenvalue weighted by atomic mass is 16.2. The molecule has 2 rings (SSSR count). The number of hydrogen-bond acceptors (Lipinski definition) is 5. The van der Waals surface area contributed by atoms with Crippen molar-refractivity contribution in [2.75, 3.05) is 39.3 Å². The lowest BCUT2D eigenvalue weighted by molar-refractivity contribution is -0.133. The van der Waals surface area contributed by atoms with Gasteiger partial charge in [-0.3, -0.25) is 19.4 Å². The average Bonchev–Trinajstić information content (AvgIpc) is 2.73. The number of hydrogen-bond donors (Lipinski definition) is 3. The number of likely N-dealkylation sites (tertiary alicyclic amines) is 1. The zero-order valence-electron chi connectivity index (χ0n) is 13.9. The Morgan fingerprint density at radius 2 is 2.00 bits per heavy atom. The second-order valence-electron chi connectivity index (χ2n) is 6.73. The quantitative estimate of drug-likeness (QED) is 0.549. The minimum Gasteiger partial charge on any atom is -0.355 e. The monoisotopic (exact) mass is 325 g/mol. The van der Waals surface area contributed by atoms with Crippen molar-refractivity contribution < 1.29 is 14.4 Å². The third-order valence-corrected chi connectivity index (χ3v) is 4.38. The van der Waals surface area contributed by atoms with Crippen molar-refractivity contribution in [2.24, 2.45) is 11.7 Å². The summed E-state index contributed by atoms with van der Waals surface area (Å²) in [7, 11) is 0. The van der Waals surface area contributed by atoms with E-state index in [1.807, 2.05) is 18.7 Å². The Bertz CT molecular complexity index is 472. The predicted molar refractivity (Wildman–Crippen MR) is 85.6 cm³/mol. The van der Waals surface area contributed by atoms with Crippen LogP contribution in [0, 0.1) is 5.92 Å². The number of carbonyl (C=O) groups is 3. The zero-order chi connectivity index (χ0) is 17.0. The highest BCUT2D eigenvalue weighted by Gasteiger charge is 2.51. The fourth-order valence-corrected chi connectivity index (χ4v) is 3.02. The van der Waals surface area contributed by atoms with Crippen molar-refractivity contribution in [3.05, 3.63) is 0 Å². The van der Waals surface area contributed by atoms with Crippen LogP contribution in [0.3, 0.4) is 0 Å². The van der Waals surface area contributed by atoms with Gasteiger partial charge in [-0.1, -0.05) is 13.8 Å². The first-order chi connectivity index (χ1) is 10.9. The molecule has 0 atom stereocenters. The van der Waals surface area contributed by atoms with Crippen molar-refractivity contribution in [3.63, 3.8) is 0 Å². The summed E-state index contributed by atoms with van der Waals surface area (Å²) in [5, 5.41) is 5.71. The molecule has 0 unspecified atom stereocenters. The molecule has 4 N–H and O–H groups in total. The molecule has 2 fully saturated rings. The van der Waals surface area contributed by atoms with Crippen LogP contribution >= 0.6 is 0 Å². The third-order valence-electron chi connectivity index (χ3n) is 4.38. The molecule has 130 valence electrons. The second kappa shape index (κ2) is 7.27. The van der Waals surface area contributed by atoms with E-state index in [0.717, 1.165) is 0 Å². The lowest BCUT2D eigenvalue weighted by atomic mass is 9.87. The zero-order valence-corrected chi connectivity index (χ0v) is 13.9. The van der Waals surface area contributed by atoms with Crippen molar-refractivity contribution in [3.8, 4) is 0 Å². The number of imide groups is 1. The Morgan fingerprint density at radius 3 is 2.57 bits per heavy atom. The van der Waals surface area contributed by atoms with E-state index in [0.29, 0.717) is 44.9 Å². The average molecular weight is 325 g/mol. The molecule has 0 aromatic carbocycles. The fourth-order valence-electron chi connectivity index (χ4n) is 3.02. The Kier molecular flexibility index (Phi) is 5.59. The van der Waals surface area contributed by atoms with Crippen LogP contribution in [0.25, 0.3) is 0 Å². The van der Waals surface area contributed by atoms with Gasteiger partial charge < -0.3 is 16.4 Å². The van der Waals surface area contributed by atoms with E-state index >= 15 is 0 Å². The van der Waals surface area contributed by atoms with Crippen LogP contribution in [-0.4, -0.2) is 72.5 Å². The number of piperidine rings is 1. The van der Waals surface area contributed by atoms with Gasteiger partial charge in [-0.15, -0.1) is 0 Å². The summed E-state index contributed by atoms with van der Waals surface area (Å²) in [6.07, 6.45) is 1.05. The maximum absolute atomic E-state index is 12.5. The van der Waals surface area contributed by atoms with Gasteiger partial charge in [0.05, 0.1) is 6.54 Å². The molecule has 4 amide bonds.